The Labute approximate surface area is 206 Å². The van der Waals surface area contributed by atoms with Gasteiger partial charge in [0.1, 0.15) is 0 Å². The molecule has 2 aliphatic heterocycles. The van der Waals surface area contributed by atoms with Gasteiger partial charge in [-0.15, -0.1) is 0 Å². The summed E-state index contributed by atoms with van der Waals surface area (Å²) in [4.78, 5) is 13.7. The van der Waals surface area contributed by atoms with E-state index >= 15 is 0 Å². The Morgan fingerprint density at radius 2 is 2.00 bits per heavy atom. The highest BCUT2D eigenvalue weighted by molar-refractivity contribution is 7.88. The summed E-state index contributed by atoms with van der Waals surface area (Å²) in [6, 6.07) is 2.94. The molecule has 0 spiro atoms. The SMILES string of the molecule is CS(=O)(=O)N1CCc2c(c(-c3ccc(C(F)(F)F)c(C(N)=O)c3)nn2CC(O)CN2CCC(O)C2)C1. The molecule has 2 atom stereocenters. The molecule has 4 rings (SSSR count). The van der Waals surface area contributed by atoms with Crippen LogP contribution in [0.2, 0.25) is 0 Å². The summed E-state index contributed by atoms with van der Waals surface area (Å²) >= 11 is 0. The van der Waals surface area contributed by atoms with Crippen LogP contribution in [-0.4, -0.2) is 88.2 Å². The smallest absolute Gasteiger partial charge is 0.392 e. The van der Waals surface area contributed by atoms with Gasteiger partial charge in [-0.05, 0) is 18.6 Å². The Bertz CT molecular complexity index is 1260. The monoisotopic (exact) mass is 531 g/mol. The van der Waals surface area contributed by atoms with Gasteiger partial charge in [0.05, 0.1) is 41.8 Å². The Morgan fingerprint density at radius 3 is 2.58 bits per heavy atom. The van der Waals surface area contributed by atoms with Crippen molar-refractivity contribution < 1.29 is 36.6 Å². The summed E-state index contributed by atoms with van der Waals surface area (Å²) in [7, 11) is -3.56. The first-order chi connectivity index (χ1) is 16.7. The lowest BCUT2D eigenvalue weighted by Gasteiger charge is -2.26. The molecule has 36 heavy (non-hydrogen) atoms. The summed E-state index contributed by atoms with van der Waals surface area (Å²) in [6.07, 6.45) is -4.11. The number of hydrogen-bond acceptors (Lipinski definition) is 7. The molecule has 0 radical (unpaired) electrons. The topological polar surface area (TPSA) is 142 Å². The minimum absolute atomic E-state index is 0.0508. The van der Waals surface area contributed by atoms with E-state index in [1.165, 1.54) is 10.4 Å². The maximum absolute atomic E-state index is 13.4. The summed E-state index contributed by atoms with van der Waals surface area (Å²) in [5, 5.41) is 24.9. The van der Waals surface area contributed by atoms with Gasteiger partial charge >= 0.3 is 6.18 Å². The molecule has 10 nitrogen and oxygen atoms in total. The zero-order chi connectivity index (χ0) is 26.4. The number of likely N-dealkylation sites (tertiary alicyclic amines) is 1. The van der Waals surface area contributed by atoms with E-state index in [1.807, 2.05) is 4.90 Å². The van der Waals surface area contributed by atoms with E-state index in [0.717, 1.165) is 18.4 Å². The number of carbonyl (C=O) groups is 1. The molecule has 14 heteroatoms. The van der Waals surface area contributed by atoms with E-state index in [2.05, 4.69) is 5.10 Å². The predicted octanol–water partition coefficient (Wildman–Crippen LogP) is 0.413. The minimum atomic E-state index is -4.79. The lowest BCUT2D eigenvalue weighted by Crippen LogP contribution is -2.37. The lowest BCUT2D eigenvalue weighted by molar-refractivity contribution is -0.137. The second kappa shape index (κ2) is 9.74. The average molecular weight is 532 g/mol. The number of primary amides is 1. The van der Waals surface area contributed by atoms with Crippen molar-refractivity contribution in [2.45, 2.75) is 44.3 Å². The average Bonchev–Trinajstić information content (AvgIpc) is 3.34. The van der Waals surface area contributed by atoms with E-state index < -0.39 is 45.4 Å². The van der Waals surface area contributed by atoms with Gasteiger partial charge in [-0.2, -0.15) is 22.6 Å². The molecule has 0 bridgehead atoms. The lowest BCUT2D eigenvalue weighted by atomic mass is 9.97. The number of alkyl halides is 3. The van der Waals surface area contributed by atoms with Gasteiger partial charge in [0, 0.05) is 56.0 Å². The minimum Gasteiger partial charge on any atom is -0.392 e. The summed E-state index contributed by atoms with van der Waals surface area (Å²) in [5.41, 5.74) is 4.89. The fraction of sp³-hybridized carbons (Fsp3) is 0.545. The standard InChI is InChI=1S/C22H28F3N5O5S/c1-36(34,35)29-7-5-19-17(12-29)20(13-2-3-18(22(23,24)25)16(8-13)21(26)33)27-30(19)11-15(32)10-28-6-4-14(31)9-28/h2-3,8,14-15,31-32H,4-7,9-12H2,1H3,(H2,26,33). The van der Waals surface area contributed by atoms with Crippen LogP contribution in [0.1, 0.15) is 33.6 Å². The van der Waals surface area contributed by atoms with Gasteiger partial charge in [-0.1, -0.05) is 6.07 Å². The van der Waals surface area contributed by atoms with Gasteiger partial charge in [-0.3, -0.25) is 14.4 Å². The first kappa shape index (κ1) is 26.5. The van der Waals surface area contributed by atoms with Crippen LogP contribution < -0.4 is 5.73 Å². The van der Waals surface area contributed by atoms with Gasteiger partial charge < -0.3 is 15.9 Å². The molecule has 198 valence electrons. The number of hydrogen-bond donors (Lipinski definition) is 3. The third kappa shape index (κ3) is 5.57. The number of sulfonamides is 1. The molecule has 1 aromatic heterocycles. The maximum Gasteiger partial charge on any atom is 0.417 e. The molecule has 2 aromatic rings. The molecule has 0 saturated carbocycles. The van der Waals surface area contributed by atoms with Crippen LogP contribution in [0.5, 0.6) is 0 Å². The van der Waals surface area contributed by atoms with Gasteiger partial charge in [0.2, 0.25) is 15.9 Å². The molecule has 2 unspecified atom stereocenters. The molecule has 1 saturated heterocycles. The quantitative estimate of drug-likeness (QED) is 0.470. The number of aliphatic hydroxyl groups excluding tert-OH is 2. The number of amides is 1. The molecular weight excluding hydrogens is 503 g/mol. The van der Waals surface area contributed by atoms with Crippen LogP contribution >= 0.6 is 0 Å². The second-order valence-electron chi connectivity index (χ2n) is 9.28. The number of carbonyl (C=O) groups excluding carboxylic acids is 1. The summed E-state index contributed by atoms with van der Waals surface area (Å²) in [5.74, 6) is -1.25. The largest absolute Gasteiger partial charge is 0.417 e. The van der Waals surface area contributed by atoms with E-state index in [9.17, 15) is 36.6 Å². The highest BCUT2D eigenvalue weighted by atomic mass is 32.2. The molecule has 0 aliphatic carbocycles. The number of nitrogens with zero attached hydrogens (tertiary/aromatic N) is 4. The maximum atomic E-state index is 13.4. The van der Waals surface area contributed by atoms with E-state index in [-0.39, 0.29) is 37.3 Å². The van der Waals surface area contributed by atoms with Crippen LogP contribution in [0.4, 0.5) is 13.2 Å². The van der Waals surface area contributed by atoms with Crippen molar-refractivity contribution in [1.29, 1.82) is 0 Å². The Morgan fingerprint density at radius 1 is 1.28 bits per heavy atom. The highest BCUT2D eigenvalue weighted by Gasteiger charge is 2.36. The molecule has 1 aromatic carbocycles. The third-order valence-corrected chi connectivity index (χ3v) is 7.78. The highest BCUT2D eigenvalue weighted by Crippen LogP contribution is 2.36. The zero-order valence-electron chi connectivity index (χ0n) is 19.6. The van der Waals surface area contributed by atoms with Crippen molar-refractivity contribution in [3.8, 4) is 11.3 Å². The van der Waals surface area contributed by atoms with Crippen molar-refractivity contribution in [2.24, 2.45) is 5.73 Å². The van der Waals surface area contributed by atoms with E-state index in [0.29, 0.717) is 37.3 Å². The number of benzene rings is 1. The van der Waals surface area contributed by atoms with Crippen LogP contribution in [0, 0.1) is 0 Å². The van der Waals surface area contributed by atoms with Gasteiger partial charge in [0.25, 0.3) is 0 Å². The summed E-state index contributed by atoms with van der Waals surface area (Å²) in [6.45, 7) is 1.59. The number of rotatable bonds is 7. The van der Waals surface area contributed by atoms with E-state index in [4.69, 9.17) is 5.73 Å². The number of fused-ring (bicyclic) bond motifs is 1. The second-order valence-corrected chi connectivity index (χ2v) is 11.3. The fourth-order valence-electron chi connectivity index (χ4n) is 4.81. The third-order valence-electron chi connectivity index (χ3n) is 6.53. The van der Waals surface area contributed by atoms with Crippen molar-refractivity contribution in [3.05, 3.63) is 40.6 Å². The van der Waals surface area contributed by atoms with Crippen molar-refractivity contribution >= 4 is 15.9 Å². The Hall–Kier alpha value is -2.52. The zero-order valence-corrected chi connectivity index (χ0v) is 20.4. The van der Waals surface area contributed by atoms with Crippen molar-refractivity contribution in [1.82, 2.24) is 19.0 Å². The van der Waals surface area contributed by atoms with E-state index in [1.54, 1.807) is 4.68 Å². The Balaban J connectivity index is 1.73. The van der Waals surface area contributed by atoms with Crippen LogP contribution in [0.25, 0.3) is 11.3 Å². The molecule has 1 fully saturated rings. The predicted molar refractivity (Wildman–Crippen MR) is 123 cm³/mol. The number of aliphatic hydroxyl groups is 2. The molecule has 2 aliphatic rings. The van der Waals surface area contributed by atoms with Crippen molar-refractivity contribution in [3.63, 3.8) is 0 Å². The first-order valence-electron chi connectivity index (χ1n) is 11.4. The normalized spacial score (nSPS) is 20.4. The van der Waals surface area contributed by atoms with Crippen LogP contribution in [0.15, 0.2) is 18.2 Å². The first-order valence-corrected chi connectivity index (χ1v) is 13.2. The molecule has 1 amide bonds. The van der Waals surface area contributed by atoms with Crippen LogP contribution in [-0.2, 0) is 35.7 Å². The fourth-order valence-corrected chi connectivity index (χ4v) is 5.59. The van der Waals surface area contributed by atoms with Gasteiger partial charge in [0.15, 0.2) is 0 Å². The summed E-state index contributed by atoms with van der Waals surface area (Å²) < 4.78 is 67.3. The van der Waals surface area contributed by atoms with Crippen molar-refractivity contribution in [2.75, 3.05) is 32.4 Å². The number of halogens is 3. The molecule has 4 N–H and O–H groups in total. The Kier molecular flexibility index (Phi) is 7.18. The number of aromatic nitrogens is 2. The van der Waals surface area contributed by atoms with Crippen LogP contribution in [0.3, 0.4) is 0 Å². The number of β-amino-alcohol motifs (C(OH)–C–C–N with tert-alkyl or cyclic N) is 2. The number of nitrogens with two attached hydrogens (primary N) is 1. The van der Waals surface area contributed by atoms with Gasteiger partial charge in [-0.25, -0.2) is 8.42 Å². The molecule has 3 heterocycles. The molecular formula is C22H28F3N5O5S.